The summed E-state index contributed by atoms with van der Waals surface area (Å²) in [6.07, 6.45) is 14.5. The third-order valence-electron chi connectivity index (χ3n) is 22.5. The van der Waals surface area contributed by atoms with E-state index in [-0.39, 0.29) is 44.6 Å². The number of imidazole rings is 4. The lowest BCUT2D eigenvalue weighted by molar-refractivity contribution is 0.276. The molecular weight excluding hydrogens is 1580 g/mol. The Morgan fingerprint density at radius 2 is 0.667 bits per heavy atom. The number of nitrogens with one attached hydrogen (secondary N) is 3. The predicted octanol–water partition coefficient (Wildman–Crippen LogP) is 17.3. The van der Waals surface area contributed by atoms with E-state index in [2.05, 4.69) is 228 Å². The quantitative estimate of drug-likeness (QED) is 0.0295. The number of anilines is 4. The molecule has 0 spiro atoms. The van der Waals surface area contributed by atoms with Crippen LogP contribution in [-0.2, 0) is 33.0 Å². The molecule has 0 radical (unpaired) electrons. The van der Waals surface area contributed by atoms with Gasteiger partial charge in [0.2, 0.25) is 0 Å². The van der Waals surface area contributed by atoms with Gasteiger partial charge in [0.1, 0.15) is 22.8 Å². The number of aryl methyl sites for hydroxylation is 8. The maximum absolute atomic E-state index is 9.91. The lowest BCUT2D eigenvalue weighted by atomic mass is 10.0. The van der Waals surface area contributed by atoms with E-state index in [4.69, 9.17) is 0 Å². The third kappa shape index (κ3) is 20.9. The van der Waals surface area contributed by atoms with Crippen LogP contribution in [0, 0.1) is 96.9 Å². The first kappa shape index (κ1) is 89.4. The third-order valence-corrected chi connectivity index (χ3v) is 22.5. The first-order valence-electron chi connectivity index (χ1n) is 41.8. The van der Waals surface area contributed by atoms with Crippen molar-refractivity contribution in [3.63, 3.8) is 0 Å². The highest BCUT2D eigenvalue weighted by molar-refractivity contribution is 5.69. The van der Waals surface area contributed by atoms with Crippen molar-refractivity contribution in [1.82, 2.24) is 98.9 Å². The minimum Gasteiger partial charge on any atom is -0.390 e. The Morgan fingerprint density at radius 3 is 1.02 bits per heavy atom. The number of rotatable bonds is 24. The van der Waals surface area contributed by atoms with Crippen molar-refractivity contribution in [3.05, 3.63) is 331 Å². The highest BCUT2D eigenvalue weighted by Gasteiger charge is 2.24. The normalized spacial score (nSPS) is 11.8. The van der Waals surface area contributed by atoms with Crippen molar-refractivity contribution >= 4 is 23.3 Å². The maximum atomic E-state index is 9.91. The van der Waals surface area contributed by atoms with Crippen LogP contribution in [0.1, 0.15) is 162 Å². The summed E-state index contributed by atoms with van der Waals surface area (Å²) >= 11 is 0. The molecule has 28 nitrogen and oxygen atoms in total. The zero-order chi connectivity index (χ0) is 89.6. The zero-order valence-electron chi connectivity index (χ0n) is 74.6. The summed E-state index contributed by atoms with van der Waals surface area (Å²) in [7, 11) is 2.03. The van der Waals surface area contributed by atoms with Gasteiger partial charge in [-0.1, -0.05) is 120 Å². The van der Waals surface area contributed by atoms with Crippen molar-refractivity contribution in [1.29, 1.82) is 0 Å². The van der Waals surface area contributed by atoms with Gasteiger partial charge in [0.25, 0.3) is 0 Å². The molecule has 0 fully saturated rings. The molecule has 0 unspecified atom stereocenters. The van der Waals surface area contributed by atoms with Gasteiger partial charge < -0.3 is 59.5 Å². The Morgan fingerprint density at radius 1 is 0.333 bits per heavy atom. The first-order chi connectivity index (χ1) is 60.7. The van der Waals surface area contributed by atoms with E-state index in [9.17, 15) is 20.4 Å². The Bertz CT molecular complexity index is 6440. The molecular formula is C98H108N24O4. The number of hydrogen-bond donors (Lipinski definition) is 7. The van der Waals surface area contributed by atoms with Crippen molar-refractivity contribution in [3.8, 4) is 68.3 Å². The van der Waals surface area contributed by atoms with E-state index in [0.717, 1.165) is 108 Å². The average molecular weight is 1690 g/mol. The van der Waals surface area contributed by atoms with Gasteiger partial charge in [-0.3, -0.25) is 0 Å². The van der Waals surface area contributed by atoms with Crippen molar-refractivity contribution in [2.24, 2.45) is 0 Å². The number of pyridine rings is 4. The molecule has 0 saturated heterocycles. The second-order valence-corrected chi connectivity index (χ2v) is 31.7. The standard InChI is InChI=1S/2C25H28N6O.2C24H26N6O/c1-16-6-8-20(9-7-16)19(4)30(5)25-17(2)12-22(28-29-25)21-10-11-24(23(14-32)27-21)31-13-18(3)26-15-31;1-15-6-8-20(9-7-15)19(5)27-25-18(4)17(3)24(29-30-25)21-10-11-23(22(13-32)28-21)31-12-16(2)26-14-31;1-15-5-7-19(8-6-15)11-25-24-18(4)17(3)23(28-29-24)20-9-10-22(21(13-31)27-20)30-12-16(2)26-14-30;1-15-12-30(14-25-15)22-11-10-20(27-21(22)13-31)23-16(2)17(3)24(29-28-23)26-18(4)19-8-6-5-7-9-19/h6-13,15,19,32H,14H2,1-5H3;6-12,14,19,32H,13H2,1-5H3,(H,27,30);5-10,12,14,31H,11,13H2,1-4H3,(H,25,29);5-12,14,18,31H,13H2,1-4H3,(H,26,29)/t2*19-;;18-/m00.0/s1. The predicted molar refractivity (Wildman–Crippen MR) is 494 cm³/mol. The van der Waals surface area contributed by atoms with Gasteiger partial charge in [-0.15, -0.1) is 40.8 Å². The van der Waals surface area contributed by atoms with Crippen LogP contribution >= 0.6 is 0 Å². The molecule has 16 aromatic rings. The van der Waals surface area contributed by atoms with Crippen LogP contribution in [0.2, 0.25) is 0 Å². The fourth-order valence-corrected chi connectivity index (χ4v) is 14.4. The van der Waals surface area contributed by atoms with E-state index in [1.807, 2.05) is 199 Å². The van der Waals surface area contributed by atoms with Crippen LogP contribution in [0.3, 0.4) is 0 Å². The van der Waals surface area contributed by atoms with Gasteiger partial charge in [0, 0.05) is 38.4 Å². The summed E-state index contributed by atoms with van der Waals surface area (Å²) in [4.78, 5) is 37.8. The Balaban J connectivity index is 0.000000144. The van der Waals surface area contributed by atoms with Gasteiger partial charge in [-0.2, -0.15) is 0 Å². The Labute approximate surface area is 734 Å². The smallest absolute Gasteiger partial charge is 0.154 e. The number of aliphatic hydroxyl groups is 4. The monoisotopic (exact) mass is 1680 g/mol. The van der Waals surface area contributed by atoms with Crippen LogP contribution in [-0.4, -0.2) is 126 Å². The fraction of sp³-hybridized carbons (Fsp3) is 0.265. The second-order valence-electron chi connectivity index (χ2n) is 31.7. The van der Waals surface area contributed by atoms with E-state index < -0.39 is 0 Å². The average Bonchev–Trinajstić information content (AvgIpc) is 1.14. The molecule has 4 aromatic carbocycles. The molecule has 3 atom stereocenters. The lowest BCUT2D eigenvalue weighted by Crippen LogP contribution is -2.24. The molecule has 126 heavy (non-hydrogen) atoms. The minimum absolute atomic E-state index is 0.103. The van der Waals surface area contributed by atoms with Crippen molar-refractivity contribution in [2.45, 2.75) is 169 Å². The van der Waals surface area contributed by atoms with E-state index >= 15 is 0 Å². The molecule has 28 heteroatoms. The van der Waals surface area contributed by atoms with Crippen molar-refractivity contribution < 1.29 is 20.4 Å². The number of hydrogen-bond acceptors (Lipinski definition) is 24. The summed E-state index contributed by atoms with van der Waals surface area (Å²) in [5, 5.41) is 85.5. The van der Waals surface area contributed by atoms with Crippen LogP contribution in [0.4, 0.5) is 23.3 Å². The van der Waals surface area contributed by atoms with Gasteiger partial charge in [-0.05, 0) is 233 Å². The summed E-state index contributed by atoms with van der Waals surface area (Å²) in [5.74, 6) is 3.10. The summed E-state index contributed by atoms with van der Waals surface area (Å²) in [6.45, 7) is 34.5. The lowest BCUT2D eigenvalue weighted by Gasteiger charge is -2.27. The van der Waals surface area contributed by atoms with Crippen LogP contribution in [0.5, 0.6) is 0 Å². The molecule has 0 aliphatic heterocycles. The molecule has 0 aliphatic rings. The number of benzene rings is 4. The van der Waals surface area contributed by atoms with E-state index in [1.165, 1.54) is 38.9 Å². The van der Waals surface area contributed by atoms with Gasteiger partial charge in [-0.25, -0.2) is 39.9 Å². The summed E-state index contributed by atoms with van der Waals surface area (Å²) in [6, 6.07) is 53.3. The van der Waals surface area contributed by atoms with E-state index in [1.54, 1.807) is 25.3 Å². The topological polar surface area (TPSA) is 346 Å². The molecule has 0 amide bonds. The number of aliphatic hydroxyl groups excluding tert-OH is 4. The second kappa shape index (κ2) is 40.3. The molecule has 7 N–H and O–H groups in total. The molecule has 12 aromatic heterocycles. The summed E-state index contributed by atoms with van der Waals surface area (Å²) in [5.41, 5.74) is 30.2. The number of aromatic nitrogens is 20. The van der Waals surface area contributed by atoms with Gasteiger partial charge in [0.15, 0.2) is 23.3 Å². The largest absolute Gasteiger partial charge is 0.390 e. The molecule has 12 heterocycles. The molecule has 0 saturated carbocycles. The van der Waals surface area contributed by atoms with E-state index in [0.29, 0.717) is 74.9 Å². The first-order valence-corrected chi connectivity index (χ1v) is 41.8. The van der Waals surface area contributed by atoms with Gasteiger partial charge >= 0.3 is 0 Å². The van der Waals surface area contributed by atoms with Crippen LogP contribution in [0.25, 0.3) is 68.3 Å². The highest BCUT2D eigenvalue weighted by atomic mass is 16.3. The molecule has 0 aliphatic carbocycles. The Hall–Kier alpha value is -14.3. The highest BCUT2D eigenvalue weighted by Crippen LogP contribution is 2.35. The molecule has 644 valence electrons. The van der Waals surface area contributed by atoms with Gasteiger partial charge in [0.05, 0.1) is 161 Å². The maximum Gasteiger partial charge on any atom is 0.154 e. The summed E-state index contributed by atoms with van der Waals surface area (Å²) < 4.78 is 7.44. The fourth-order valence-electron chi connectivity index (χ4n) is 14.4. The van der Waals surface area contributed by atoms with Crippen LogP contribution < -0.4 is 20.9 Å². The Kier molecular flexibility index (Phi) is 28.6. The number of nitrogens with zero attached hydrogens (tertiary/aromatic N) is 21. The zero-order valence-corrected chi connectivity index (χ0v) is 74.6. The molecule has 0 bridgehead atoms. The molecule has 16 rings (SSSR count). The van der Waals surface area contributed by atoms with Crippen LogP contribution in [0.15, 0.2) is 208 Å². The minimum atomic E-state index is -0.181. The SMILES string of the molecule is Cc1ccc(CNc2nnc(-c3ccc(-n4cnc(C)c4)c(CO)n3)c(C)c2C)cc1.Cc1ccc([C@H](C)N(C)c2nnc(-c3ccc(-n4cnc(C)c4)c(CO)n3)cc2C)cc1.Cc1ccc([C@H](C)Nc2nnc(-c3ccc(-n4cnc(C)c4)c(CO)n3)c(C)c2C)cc1.Cc1cn(-c2ccc(-c3nnc(N[C@@H](C)c4ccccc4)c(C)c3C)nc2CO)cn1. The van der Waals surface area contributed by atoms with Crippen molar-refractivity contribution in [2.75, 3.05) is 27.9 Å².